The van der Waals surface area contributed by atoms with Crippen molar-refractivity contribution in [3.05, 3.63) is 64.8 Å². The van der Waals surface area contributed by atoms with Gasteiger partial charge in [0.15, 0.2) is 0 Å². The van der Waals surface area contributed by atoms with Crippen molar-refractivity contribution in [3.8, 4) is 0 Å². The Bertz CT molecular complexity index is 718. The van der Waals surface area contributed by atoms with E-state index in [1.807, 2.05) is 18.2 Å². The Balaban J connectivity index is 1.67. The van der Waals surface area contributed by atoms with Gasteiger partial charge < -0.3 is 5.32 Å². The molecular weight excluding hydrogens is 290 g/mol. The zero-order chi connectivity index (χ0) is 16.1. The first-order valence-electron chi connectivity index (χ1n) is 8.03. The van der Waals surface area contributed by atoms with E-state index in [0.717, 1.165) is 12.8 Å². The van der Waals surface area contributed by atoms with Gasteiger partial charge in [-0.25, -0.2) is 9.78 Å². The van der Waals surface area contributed by atoms with Crippen molar-refractivity contribution >= 4 is 5.91 Å². The van der Waals surface area contributed by atoms with Crippen molar-refractivity contribution in [1.29, 1.82) is 0 Å². The normalized spacial score (nSPS) is 16.2. The lowest BCUT2D eigenvalue weighted by Crippen LogP contribution is -2.41. The molecule has 1 aliphatic rings. The van der Waals surface area contributed by atoms with E-state index >= 15 is 0 Å². The molecule has 0 bridgehead atoms. The molecule has 120 valence electrons. The van der Waals surface area contributed by atoms with Crippen LogP contribution in [0.4, 0.5) is 0 Å². The van der Waals surface area contributed by atoms with E-state index in [9.17, 15) is 9.59 Å². The van der Waals surface area contributed by atoms with Gasteiger partial charge >= 0.3 is 5.69 Å². The van der Waals surface area contributed by atoms with Crippen LogP contribution in [-0.2, 0) is 16.8 Å². The highest BCUT2D eigenvalue weighted by Crippen LogP contribution is 2.40. The molecule has 3 rings (SSSR count). The summed E-state index contributed by atoms with van der Waals surface area (Å²) in [6.07, 6.45) is 7.56. The van der Waals surface area contributed by atoms with E-state index in [0.29, 0.717) is 6.54 Å². The summed E-state index contributed by atoms with van der Waals surface area (Å²) in [4.78, 5) is 27.4. The van der Waals surface area contributed by atoms with Crippen molar-refractivity contribution in [3.63, 3.8) is 0 Å². The largest absolute Gasteiger partial charge is 0.354 e. The highest BCUT2D eigenvalue weighted by Gasteiger charge is 2.35. The number of nitrogens with one attached hydrogen (secondary N) is 1. The summed E-state index contributed by atoms with van der Waals surface area (Å²) < 4.78 is 1.32. The number of carbonyl (C=O) groups excluding carboxylic acids is 1. The Hall–Kier alpha value is -2.43. The van der Waals surface area contributed by atoms with Crippen LogP contribution in [0, 0.1) is 0 Å². The van der Waals surface area contributed by atoms with Crippen LogP contribution in [0.15, 0.2) is 53.6 Å². The highest BCUT2D eigenvalue weighted by atomic mass is 16.2. The van der Waals surface area contributed by atoms with Crippen molar-refractivity contribution in [2.45, 2.75) is 37.6 Å². The van der Waals surface area contributed by atoms with E-state index < -0.39 is 5.69 Å². The van der Waals surface area contributed by atoms with Gasteiger partial charge in [-0.3, -0.25) is 9.36 Å². The first-order valence-corrected chi connectivity index (χ1v) is 8.03. The lowest BCUT2D eigenvalue weighted by atomic mass is 9.79. The van der Waals surface area contributed by atoms with Crippen molar-refractivity contribution < 1.29 is 4.79 Å². The van der Waals surface area contributed by atoms with Gasteiger partial charge in [0.2, 0.25) is 5.91 Å². The molecule has 1 amide bonds. The molecule has 0 aliphatic heterocycles. The molecule has 0 radical (unpaired) electrons. The fourth-order valence-electron chi connectivity index (χ4n) is 3.40. The molecule has 5 nitrogen and oxygen atoms in total. The molecule has 1 saturated carbocycles. The summed E-state index contributed by atoms with van der Waals surface area (Å²) in [6, 6.07) is 12.0. The van der Waals surface area contributed by atoms with Crippen LogP contribution >= 0.6 is 0 Å². The zero-order valence-corrected chi connectivity index (χ0v) is 13.1. The van der Waals surface area contributed by atoms with Crippen molar-refractivity contribution in [2.24, 2.45) is 0 Å². The summed E-state index contributed by atoms with van der Waals surface area (Å²) in [6.45, 7) is 0.627. The second kappa shape index (κ2) is 6.77. The number of amides is 1. The summed E-state index contributed by atoms with van der Waals surface area (Å²) in [7, 11) is 0. The van der Waals surface area contributed by atoms with Gasteiger partial charge in [0.05, 0.1) is 0 Å². The molecule has 0 atom stereocenters. The Kier molecular flexibility index (Phi) is 4.55. The first-order chi connectivity index (χ1) is 11.2. The topological polar surface area (TPSA) is 64.0 Å². The fraction of sp³-hybridized carbons (Fsp3) is 0.389. The predicted molar refractivity (Wildman–Crippen MR) is 88.1 cm³/mol. The lowest BCUT2D eigenvalue weighted by Gasteiger charge is -2.30. The maximum atomic E-state index is 12.2. The maximum absolute atomic E-state index is 12.2. The van der Waals surface area contributed by atoms with E-state index in [1.54, 1.807) is 12.3 Å². The van der Waals surface area contributed by atoms with Gasteiger partial charge in [0, 0.05) is 24.4 Å². The number of hydrogen-bond donors (Lipinski definition) is 1. The Morgan fingerprint density at radius 1 is 1.17 bits per heavy atom. The average Bonchev–Trinajstić information content (AvgIpc) is 3.06. The second-order valence-corrected chi connectivity index (χ2v) is 6.16. The van der Waals surface area contributed by atoms with Gasteiger partial charge in [0.1, 0.15) is 6.54 Å². The molecular formula is C18H21N3O2. The minimum atomic E-state index is -0.402. The molecule has 23 heavy (non-hydrogen) atoms. The number of aromatic nitrogens is 2. The third-order valence-electron chi connectivity index (χ3n) is 4.67. The van der Waals surface area contributed by atoms with Crippen molar-refractivity contribution in [2.75, 3.05) is 6.54 Å². The molecule has 1 fully saturated rings. The Morgan fingerprint density at radius 2 is 1.91 bits per heavy atom. The second-order valence-electron chi connectivity index (χ2n) is 6.16. The van der Waals surface area contributed by atoms with Gasteiger partial charge in [-0.2, -0.15) is 0 Å². The van der Waals surface area contributed by atoms with Crippen LogP contribution in [0.2, 0.25) is 0 Å². The van der Waals surface area contributed by atoms with Crippen LogP contribution in [0.3, 0.4) is 0 Å². The van der Waals surface area contributed by atoms with E-state index in [1.165, 1.54) is 29.2 Å². The molecule has 5 heteroatoms. The van der Waals surface area contributed by atoms with Crippen LogP contribution in [0.1, 0.15) is 31.2 Å². The highest BCUT2D eigenvalue weighted by molar-refractivity contribution is 5.75. The van der Waals surface area contributed by atoms with Crippen LogP contribution < -0.4 is 11.0 Å². The average molecular weight is 311 g/mol. The smallest absolute Gasteiger partial charge is 0.347 e. The summed E-state index contributed by atoms with van der Waals surface area (Å²) in [5.74, 6) is -0.151. The summed E-state index contributed by atoms with van der Waals surface area (Å²) in [5.41, 5.74) is 0.911. The molecule has 0 spiro atoms. The first kappa shape index (κ1) is 15.5. The molecule has 1 aromatic heterocycles. The number of rotatable bonds is 5. The molecule has 2 aromatic rings. The number of hydrogen-bond acceptors (Lipinski definition) is 3. The molecule has 1 N–H and O–H groups in total. The van der Waals surface area contributed by atoms with Crippen molar-refractivity contribution in [1.82, 2.24) is 14.9 Å². The quantitative estimate of drug-likeness (QED) is 0.917. The van der Waals surface area contributed by atoms with Gasteiger partial charge in [-0.05, 0) is 24.5 Å². The minimum absolute atomic E-state index is 0.0115. The van der Waals surface area contributed by atoms with Gasteiger partial charge in [-0.1, -0.05) is 43.2 Å². The fourth-order valence-corrected chi connectivity index (χ4v) is 3.40. The van der Waals surface area contributed by atoms with Crippen LogP contribution in [0.5, 0.6) is 0 Å². The molecule has 1 aliphatic carbocycles. The minimum Gasteiger partial charge on any atom is -0.354 e. The summed E-state index contributed by atoms with van der Waals surface area (Å²) in [5, 5.41) is 3.01. The molecule has 1 aromatic carbocycles. The molecule has 1 heterocycles. The Labute approximate surface area is 135 Å². The van der Waals surface area contributed by atoms with Crippen LogP contribution in [0.25, 0.3) is 0 Å². The van der Waals surface area contributed by atoms with E-state index in [4.69, 9.17) is 0 Å². The Morgan fingerprint density at radius 3 is 2.61 bits per heavy atom. The monoisotopic (exact) mass is 311 g/mol. The van der Waals surface area contributed by atoms with Gasteiger partial charge in [-0.15, -0.1) is 0 Å². The van der Waals surface area contributed by atoms with Gasteiger partial charge in [0.25, 0.3) is 0 Å². The third-order valence-corrected chi connectivity index (χ3v) is 4.67. The molecule has 0 saturated heterocycles. The number of carbonyl (C=O) groups is 1. The predicted octanol–water partition coefficient (Wildman–Crippen LogP) is 1.87. The maximum Gasteiger partial charge on any atom is 0.347 e. The number of benzene rings is 1. The van der Waals surface area contributed by atoms with E-state index in [2.05, 4.69) is 22.4 Å². The van der Waals surface area contributed by atoms with Crippen LogP contribution in [-0.4, -0.2) is 22.0 Å². The standard InChI is InChI=1S/C18H21N3O2/c22-16(13-21-12-6-11-19-17(21)23)20-14-18(9-4-5-10-18)15-7-2-1-3-8-15/h1-3,6-8,11-12H,4-5,9-10,13-14H2,(H,20,22). The summed E-state index contributed by atoms with van der Waals surface area (Å²) >= 11 is 0. The van der Waals surface area contributed by atoms with E-state index in [-0.39, 0.29) is 17.9 Å². The lowest BCUT2D eigenvalue weighted by molar-refractivity contribution is -0.122. The third kappa shape index (κ3) is 3.50. The number of nitrogens with zero attached hydrogens (tertiary/aromatic N) is 2. The SMILES string of the molecule is O=C(Cn1cccnc1=O)NCC1(c2ccccc2)CCCC1. The molecule has 0 unspecified atom stereocenters. The zero-order valence-electron chi connectivity index (χ0n) is 13.1.